The lowest BCUT2D eigenvalue weighted by molar-refractivity contribution is 0.121. The van der Waals surface area contributed by atoms with Crippen molar-refractivity contribution in [3.05, 3.63) is 83.4 Å². The van der Waals surface area contributed by atoms with Gasteiger partial charge in [-0.05, 0) is 29.3 Å². The third-order valence-corrected chi connectivity index (χ3v) is 6.21. The summed E-state index contributed by atoms with van der Waals surface area (Å²) in [5, 5.41) is 0. The van der Waals surface area contributed by atoms with Gasteiger partial charge in [0.1, 0.15) is 18.1 Å². The molecule has 0 aromatic heterocycles. The van der Waals surface area contributed by atoms with Crippen LogP contribution in [0.15, 0.2) is 66.7 Å². The second kappa shape index (κ2) is 10.1. The lowest BCUT2D eigenvalue weighted by Gasteiger charge is -2.35. The Balaban J connectivity index is 1.13. The number of ether oxygens (including phenoxy) is 4. The van der Waals surface area contributed by atoms with Crippen LogP contribution in [0.4, 0.5) is 0 Å². The number of fused-ring (bicyclic) bond motifs is 1. The maximum atomic E-state index is 5.96. The van der Waals surface area contributed by atoms with Gasteiger partial charge in [-0.1, -0.05) is 42.5 Å². The van der Waals surface area contributed by atoms with Gasteiger partial charge in [0.05, 0.1) is 7.11 Å². The summed E-state index contributed by atoms with van der Waals surface area (Å²) < 4.78 is 22.6. The van der Waals surface area contributed by atoms with Crippen LogP contribution in [0.25, 0.3) is 0 Å². The van der Waals surface area contributed by atoms with E-state index in [0.29, 0.717) is 13.4 Å². The predicted molar refractivity (Wildman–Crippen MR) is 127 cm³/mol. The second-order valence-electron chi connectivity index (χ2n) is 8.49. The van der Waals surface area contributed by atoms with E-state index < -0.39 is 0 Å². The Morgan fingerprint density at radius 1 is 0.758 bits per heavy atom. The van der Waals surface area contributed by atoms with E-state index in [1.807, 2.05) is 36.4 Å². The predicted octanol–water partition coefficient (Wildman–Crippen LogP) is 4.32. The van der Waals surface area contributed by atoms with Crippen LogP contribution < -0.4 is 18.9 Å². The SMILES string of the molecule is COc1cc(OCc2ccccc2)ccc1CN1CCN(Cc2ccc3c(c2)OCO3)CC1. The number of piperazine rings is 1. The van der Waals surface area contributed by atoms with Gasteiger partial charge in [0.15, 0.2) is 11.5 Å². The number of benzene rings is 3. The summed E-state index contributed by atoms with van der Waals surface area (Å²) in [5.74, 6) is 3.40. The van der Waals surface area contributed by atoms with Gasteiger partial charge in [0.25, 0.3) is 0 Å². The number of hydrogen-bond donors (Lipinski definition) is 0. The fourth-order valence-electron chi connectivity index (χ4n) is 4.33. The average Bonchev–Trinajstić information content (AvgIpc) is 3.33. The number of nitrogens with zero attached hydrogens (tertiary/aromatic N) is 2. The minimum atomic E-state index is 0.320. The topological polar surface area (TPSA) is 43.4 Å². The van der Waals surface area contributed by atoms with E-state index in [1.165, 1.54) is 11.1 Å². The van der Waals surface area contributed by atoms with Crippen LogP contribution in [-0.2, 0) is 19.7 Å². The van der Waals surface area contributed by atoms with Crippen molar-refractivity contribution >= 4 is 0 Å². The van der Waals surface area contributed by atoms with Crippen molar-refractivity contribution in [1.29, 1.82) is 0 Å². The zero-order valence-corrected chi connectivity index (χ0v) is 19.0. The van der Waals surface area contributed by atoms with Gasteiger partial charge < -0.3 is 18.9 Å². The molecule has 2 heterocycles. The first-order valence-electron chi connectivity index (χ1n) is 11.4. The first-order chi connectivity index (χ1) is 16.3. The van der Waals surface area contributed by atoms with E-state index >= 15 is 0 Å². The third-order valence-electron chi connectivity index (χ3n) is 6.21. The first-order valence-corrected chi connectivity index (χ1v) is 11.4. The minimum Gasteiger partial charge on any atom is -0.496 e. The molecule has 1 fully saturated rings. The molecule has 0 saturated carbocycles. The van der Waals surface area contributed by atoms with Gasteiger partial charge in [-0.25, -0.2) is 0 Å². The lowest BCUT2D eigenvalue weighted by atomic mass is 10.1. The van der Waals surface area contributed by atoms with E-state index in [9.17, 15) is 0 Å². The molecule has 0 N–H and O–H groups in total. The van der Waals surface area contributed by atoms with Crippen molar-refractivity contribution in [2.45, 2.75) is 19.7 Å². The molecular formula is C27H30N2O4. The third kappa shape index (κ3) is 5.41. The van der Waals surface area contributed by atoms with E-state index in [2.05, 4.69) is 40.1 Å². The molecule has 1 saturated heterocycles. The van der Waals surface area contributed by atoms with Crippen LogP contribution in [0.2, 0.25) is 0 Å². The molecule has 0 radical (unpaired) electrons. The highest BCUT2D eigenvalue weighted by atomic mass is 16.7. The quantitative estimate of drug-likeness (QED) is 0.514. The standard InChI is InChI=1S/C27H30N2O4/c1-30-26-16-24(31-19-21-5-3-2-4-6-21)9-8-23(26)18-29-13-11-28(12-14-29)17-22-7-10-25-27(15-22)33-20-32-25/h2-10,15-16H,11-14,17-20H2,1H3. The number of methoxy groups -OCH3 is 1. The molecule has 0 aliphatic carbocycles. The second-order valence-corrected chi connectivity index (χ2v) is 8.49. The molecule has 0 spiro atoms. The van der Waals surface area contributed by atoms with Gasteiger partial charge in [0, 0.05) is 50.9 Å². The van der Waals surface area contributed by atoms with E-state index in [0.717, 1.165) is 67.8 Å². The Morgan fingerprint density at radius 3 is 2.30 bits per heavy atom. The Kier molecular flexibility index (Phi) is 6.65. The molecule has 5 rings (SSSR count). The van der Waals surface area contributed by atoms with Gasteiger partial charge in [-0.15, -0.1) is 0 Å². The van der Waals surface area contributed by atoms with Crippen molar-refractivity contribution in [3.8, 4) is 23.0 Å². The highest BCUT2D eigenvalue weighted by molar-refractivity contribution is 5.44. The maximum absolute atomic E-state index is 5.96. The molecule has 3 aromatic rings. The van der Waals surface area contributed by atoms with Gasteiger partial charge >= 0.3 is 0 Å². The molecule has 0 bridgehead atoms. The normalized spacial score (nSPS) is 16.0. The van der Waals surface area contributed by atoms with Crippen LogP contribution in [0.1, 0.15) is 16.7 Å². The molecule has 2 aliphatic rings. The van der Waals surface area contributed by atoms with E-state index in [4.69, 9.17) is 18.9 Å². The molecular weight excluding hydrogens is 416 g/mol. The zero-order valence-electron chi connectivity index (χ0n) is 19.0. The summed E-state index contributed by atoms with van der Waals surface area (Å²) in [6.07, 6.45) is 0. The molecule has 172 valence electrons. The van der Waals surface area contributed by atoms with Crippen molar-refractivity contribution < 1.29 is 18.9 Å². The fraction of sp³-hybridized carbons (Fsp3) is 0.333. The minimum absolute atomic E-state index is 0.320. The molecule has 0 amide bonds. The maximum Gasteiger partial charge on any atom is 0.231 e. The monoisotopic (exact) mass is 446 g/mol. The Labute approximate surface area is 195 Å². The Bertz CT molecular complexity index is 1060. The molecule has 2 aliphatic heterocycles. The molecule has 6 nitrogen and oxygen atoms in total. The Hall–Kier alpha value is -3.22. The molecule has 33 heavy (non-hydrogen) atoms. The summed E-state index contributed by atoms with van der Waals surface area (Å²) in [6.45, 7) is 6.81. The van der Waals surface area contributed by atoms with Crippen LogP contribution in [0.5, 0.6) is 23.0 Å². The number of rotatable bonds is 8. The molecule has 6 heteroatoms. The van der Waals surface area contributed by atoms with Gasteiger partial charge in [0.2, 0.25) is 6.79 Å². The highest BCUT2D eigenvalue weighted by Gasteiger charge is 2.20. The van der Waals surface area contributed by atoms with Crippen LogP contribution in [-0.4, -0.2) is 49.9 Å². The summed E-state index contributed by atoms with van der Waals surface area (Å²) in [6, 6.07) is 22.6. The summed E-state index contributed by atoms with van der Waals surface area (Å²) in [5.41, 5.74) is 3.61. The van der Waals surface area contributed by atoms with Gasteiger partial charge in [-0.3, -0.25) is 9.80 Å². The fourth-order valence-corrected chi connectivity index (χ4v) is 4.33. The van der Waals surface area contributed by atoms with E-state index in [1.54, 1.807) is 7.11 Å². The molecule has 0 unspecified atom stereocenters. The molecule has 3 aromatic carbocycles. The van der Waals surface area contributed by atoms with Crippen molar-refractivity contribution in [2.75, 3.05) is 40.1 Å². The summed E-state index contributed by atoms with van der Waals surface area (Å²) >= 11 is 0. The van der Waals surface area contributed by atoms with Crippen LogP contribution in [0, 0.1) is 0 Å². The average molecular weight is 447 g/mol. The zero-order chi connectivity index (χ0) is 22.5. The van der Waals surface area contributed by atoms with E-state index in [-0.39, 0.29) is 0 Å². The van der Waals surface area contributed by atoms with Gasteiger partial charge in [-0.2, -0.15) is 0 Å². The smallest absolute Gasteiger partial charge is 0.231 e. The highest BCUT2D eigenvalue weighted by Crippen LogP contribution is 2.33. The van der Waals surface area contributed by atoms with Crippen molar-refractivity contribution in [1.82, 2.24) is 9.80 Å². The van der Waals surface area contributed by atoms with Crippen LogP contribution in [0.3, 0.4) is 0 Å². The summed E-state index contributed by atoms with van der Waals surface area (Å²) in [4.78, 5) is 4.98. The largest absolute Gasteiger partial charge is 0.496 e. The number of hydrogen-bond acceptors (Lipinski definition) is 6. The van der Waals surface area contributed by atoms with Crippen molar-refractivity contribution in [2.24, 2.45) is 0 Å². The lowest BCUT2D eigenvalue weighted by Crippen LogP contribution is -2.45. The van der Waals surface area contributed by atoms with Crippen LogP contribution >= 0.6 is 0 Å². The van der Waals surface area contributed by atoms with Crippen molar-refractivity contribution in [3.63, 3.8) is 0 Å². The Morgan fingerprint density at radius 2 is 1.52 bits per heavy atom. The summed E-state index contributed by atoms with van der Waals surface area (Å²) in [7, 11) is 1.73. The molecule has 0 atom stereocenters. The first kappa shape index (κ1) is 21.6.